The number of sulfonamides is 2. The van der Waals surface area contributed by atoms with Gasteiger partial charge in [0, 0.05) is 19.1 Å². The van der Waals surface area contributed by atoms with Gasteiger partial charge in [0.15, 0.2) is 0 Å². The van der Waals surface area contributed by atoms with Crippen LogP contribution in [0.5, 0.6) is 0 Å². The highest BCUT2D eigenvalue weighted by atomic mass is 32.2. The number of nitrogens with two attached hydrogens (primary N) is 1. The minimum atomic E-state index is -3.72. The van der Waals surface area contributed by atoms with Crippen molar-refractivity contribution >= 4 is 20.0 Å². The topological polar surface area (TPSA) is 118 Å². The Labute approximate surface area is 148 Å². The van der Waals surface area contributed by atoms with Crippen LogP contribution in [0.2, 0.25) is 0 Å². The number of hydrogen-bond donors (Lipinski definition) is 3. The van der Waals surface area contributed by atoms with Crippen LogP contribution in [0.25, 0.3) is 0 Å². The zero-order valence-corrected chi connectivity index (χ0v) is 15.1. The molecule has 2 rings (SSSR count). The van der Waals surface area contributed by atoms with E-state index in [-0.39, 0.29) is 23.7 Å². The maximum atomic E-state index is 12.0. The van der Waals surface area contributed by atoms with Crippen molar-refractivity contribution in [3.63, 3.8) is 0 Å². The second-order valence-electron chi connectivity index (χ2n) is 5.40. The van der Waals surface area contributed by atoms with Gasteiger partial charge in [0.1, 0.15) is 0 Å². The smallest absolute Gasteiger partial charge is 0.240 e. The van der Waals surface area contributed by atoms with Crippen LogP contribution in [-0.2, 0) is 20.0 Å². The molecule has 2 aromatic rings. The van der Waals surface area contributed by atoms with Crippen molar-refractivity contribution in [3.05, 3.63) is 66.2 Å². The molecule has 0 saturated heterocycles. The minimum absolute atomic E-state index is 0.0395. The highest BCUT2D eigenvalue weighted by Gasteiger charge is 2.17. The summed E-state index contributed by atoms with van der Waals surface area (Å²) >= 11 is 0. The molecule has 0 fully saturated rings. The number of nitrogens with one attached hydrogen (secondary N) is 2. The van der Waals surface area contributed by atoms with Crippen LogP contribution in [-0.4, -0.2) is 35.7 Å². The van der Waals surface area contributed by atoms with E-state index in [0.717, 1.165) is 5.56 Å². The average molecular weight is 383 g/mol. The molecule has 1 unspecified atom stereocenters. The third-order valence-corrected chi connectivity index (χ3v) is 6.29. The lowest BCUT2D eigenvalue weighted by Gasteiger charge is -2.13. The zero-order chi connectivity index (χ0) is 18.3. The molecule has 0 aliphatic heterocycles. The molecule has 1 atom stereocenters. The second kappa shape index (κ2) is 8.54. The quantitative estimate of drug-likeness (QED) is 0.585. The number of rotatable bonds is 9. The summed E-state index contributed by atoms with van der Waals surface area (Å²) in [5.74, 6) is -0.374. The van der Waals surface area contributed by atoms with E-state index in [4.69, 9.17) is 5.73 Å². The zero-order valence-electron chi connectivity index (χ0n) is 13.5. The Bertz CT molecular complexity index is 870. The lowest BCUT2D eigenvalue weighted by Crippen LogP contribution is -2.37. The molecule has 2 aromatic carbocycles. The maximum Gasteiger partial charge on any atom is 0.240 e. The maximum absolute atomic E-state index is 12.0. The molecule has 0 saturated carbocycles. The molecule has 0 aliphatic carbocycles. The Morgan fingerprint density at radius 3 is 2.00 bits per heavy atom. The first-order chi connectivity index (χ1) is 11.8. The van der Waals surface area contributed by atoms with Crippen molar-refractivity contribution in [2.45, 2.75) is 10.9 Å². The second-order valence-corrected chi connectivity index (χ2v) is 9.09. The molecule has 0 spiro atoms. The van der Waals surface area contributed by atoms with E-state index < -0.39 is 26.1 Å². The van der Waals surface area contributed by atoms with Gasteiger partial charge in [-0.15, -0.1) is 0 Å². The van der Waals surface area contributed by atoms with E-state index in [9.17, 15) is 16.8 Å². The van der Waals surface area contributed by atoms with Crippen molar-refractivity contribution in [1.82, 2.24) is 9.44 Å². The lowest BCUT2D eigenvalue weighted by atomic mass is 10.1. The number of benzene rings is 2. The highest BCUT2D eigenvalue weighted by molar-refractivity contribution is 7.90. The Kier molecular flexibility index (Phi) is 6.68. The summed E-state index contributed by atoms with van der Waals surface area (Å²) < 4.78 is 52.7. The third-order valence-electron chi connectivity index (χ3n) is 3.47. The molecule has 0 radical (unpaired) electrons. The van der Waals surface area contributed by atoms with E-state index >= 15 is 0 Å². The predicted molar refractivity (Wildman–Crippen MR) is 96.8 cm³/mol. The fourth-order valence-electron chi connectivity index (χ4n) is 2.10. The van der Waals surface area contributed by atoms with Gasteiger partial charge >= 0.3 is 0 Å². The Balaban J connectivity index is 1.83. The molecule has 0 aromatic heterocycles. The van der Waals surface area contributed by atoms with Crippen molar-refractivity contribution in [1.29, 1.82) is 0 Å². The van der Waals surface area contributed by atoms with Crippen LogP contribution in [0.3, 0.4) is 0 Å². The van der Waals surface area contributed by atoms with Crippen LogP contribution in [0.4, 0.5) is 0 Å². The third kappa shape index (κ3) is 6.22. The normalized spacial score (nSPS) is 13.5. The van der Waals surface area contributed by atoms with Crippen molar-refractivity contribution in [3.8, 4) is 0 Å². The predicted octanol–water partition coefficient (Wildman–Crippen LogP) is 0.584. The van der Waals surface area contributed by atoms with Crippen LogP contribution >= 0.6 is 0 Å². The fraction of sp³-hybridized carbons (Fsp3) is 0.250. The Hall–Kier alpha value is -1.78. The van der Waals surface area contributed by atoms with Crippen molar-refractivity contribution in [2.75, 3.05) is 18.8 Å². The first-order valence-electron chi connectivity index (χ1n) is 7.63. The van der Waals surface area contributed by atoms with Crippen molar-refractivity contribution in [2.24, 2.45) is 5.73 Å². The number of hydrogen-bond acceptors (Lipinski definition) is 5. The van der Waals surface area contributed by atoms with E-state index in [1.165, 1.54) is 12.1 Å². The summed E-state index contributed by atoms with van der Waals surface area (Å²) in [7, 11) is -7.37. The van der Waals surface area contributed by atoms with E-state index in [0.29, 0.717) is 0 Å². The molecule has 7 nitrogen and oxygen atoms in total. The molecule has 136 valence electrons. The molecule has 0 heterocycles. The summed E-state index contributed by atoms with van der Waals surface area (Å²) in [5.41, 5.74) is 6.75. The van der Waals surface area contributed by atoms with Crippen LogP contribution < -0.4 is 15.2 Å². The van der Waals surface area contributed by atoms with Crippen LogP contribution in [0, 0.1) is 0 Å². The summed E-state index contributed by atoms with van der Waals surface area (Å²) in [6, 6.07) is 16.4. The largest absolute Gasteiger partial charge is 0.323 e. The monoisotopic (exact) mass is 383 g/mol. The van der Waals surface area contributed by atoms with Crippen LogP contribution in [0.15, 0.2) is 65.6 Å². The molecule has 9 heteroatoms. The van der Waals surface area contributed by atoms with Crippen LogP contribution in [0.1, 0.15) is 11.6 Å². The van der Waals surface area contributed by atoms with Gasteiger partial charge in [-0.05, 0) is 17.7 Å². The molecule has 0 bridgehead atoms. The summed E-state index contributed by atoms with van der Waals surface area (Å²) in [5, 5.41) is 0. The lowest BCUT2D eigenvalue weighted by molar-refractivity contribution is 0.568. The van der Waals surface area contributed by atoms with E-state index in [1.807, 2.05) is 30.3 Å². The SMILES string of the molecule is NC(CNS(=O)(=O)CCNS(=O)(=O)c1ccccc1)c1ccccc1. The Morgan fingerprint density at radius 2 is 1.40 bits per heavy atom. The molecule has 0 amide bonds. The van der Waals surface area contributed by atoms with Gasteiger partial charge in [-0.25, -0.2) is 26.3 Å². The van der Waals surface area contributed by atoms with Gasteiger partial charge in [-0.3, -0.25) is 0 Å². The first-order valence-corrected chi connectivity index (χ1v) is 10.8. The molecular formula is C16H21N3O4S2. The van der Waals surface area contributed by atoms with Gasteiger partial charge in [0.05, 0.1) is 10.6 Å². The molecule has 0 aliphatic rings. The standard InChI is InChI=1S/C16H21N3O4S2/c17-16(14-7-3-1-4-8-14)13-19-24(20,21)12-11-18-25(22,23)15-9-5-2-6-10-15/h1-10,16,18-19H,11-13,17H2. The average Bonchev–Trinajstić information content (AvgIpc) is 2.61. The fourth-order valence-corrected chi connectivity index (χ4v) is 4.23. The Morgan fingerprint density at radius 1 is 0.840 bits per heavy atom. The summed E-state index contributed by atoms with van der Waals surface area (Å²) in [4.78, 5) is 0.0893. The highest BCUT2D eigenvalue weighted by Crippen LogP contribution is 2.09. The molecule has 25 heavy (non-hydrogen) atoms. The van der Waals surface area contributed by atoms with Gasteiger partial charge in [0.2, 0.25) is 20.0 Å². The van der Waals surface area contributed by atoms with Gasteiger partial charge in [0.25, 0.3) is 0 Å². The summed E-state index contributed by atoms with van der Waals surface area (Å²) in [6.45, 7) is -0.190. The van der Waals surface area contributed by atoms with Gasteiger partial charge in [-0.1, -0.05) is 48.5 Å². The molecule has 4 N–H and O–H groups in total. The van der Waals surface area contributed by atoms with Crippen molar-refractivity contribution < 1.29 is 16.8 Å². The van der Waals surface area contributed by atoms with Gasteiger partial charge in [-0.2, -0.15) is 0 Å². The van der Waals surface area contributed by atoms with E-state index in [1.54, 1.807) is 18.2 Å². The first kappa shape index (κ1) is 19.5. The minimum Gasteiger partial charge on any atom is -0.323 e. The summed E-state index contributed by atoms with van der Waals surface area (Å²) in [6.07, 6.45) is 0. The van der Waals surface area contributed by atoms with Gasteiger partial charge < -0.3 is 5.73 Å². The van der Waals surface area contributed by atoms with E-state index in [2.05, 4.69) is 9.44 Å². The molecular weight excluding hydrogens is 362 g/mol.